The van der Waals surface area contributed by atoms with Crippen LogP contribution < -0.4 is 12.5 Å². The standard InChI is InChI=1S/C24H21N3O9S3/c1-16-4-10-19(11-5-16)37(28,29)34-22-25-23(35-38(30,31)20-12-6-17(2)7-13-20)27-24(26-22)36-39(32,33)21-14-8-18(3)9-15-21/h4-15H,1-3H3. The summed E-state index contributed by atoms with van der Waals surface area (Å²) in [5.74, 6) is 0. The van der Waals surface area contributed by atoms with Crippen LogP contribution in [0.2, 0.25) is 0 Å². The maximum atomic E-state index is 12.8. The summed E-state index contributed by atoms with van der Waals surface area (Å²) in [5, 5.41) is 0. The normalized spacial score (nSPS) is 12.1. The third-order valence-corrected chi connectivity index (χ3v) is 8.71. The summed E-state index contributed by atoms with van der Waals surface area (Å²) in [4.78, 5) is 10.0. The van der Waals surface area contributed by atoms with E-state index in [4.69, 9.17) is 12.5 Å². The number of aryl methyl sites for hydroxylation is 3. The van der Waals surface area contributed by atoms with Crippen molar-refractivity contribution in [3.8, 4) is 18.0 Å². The summed E-state index contributed by atoms with van der Waals surface area (Å²) in [6.07, 6.45) is 0. The highest BCUT2D eigenvalue weighted by Crippen LogP contribution is 2.24. The summed E-state index contributed by atoms with van der Waals surface area (Å²) in [6.45, 7) is 5.25. The second-order valence-electron chi connectivity index (χ2n) is 8.23. The summed E-state index contributed by atoms with van der Waals surface area (Å²) in [6, 6.07) is 13.8. The van der Waals surface area contributed by atoms with Crippen LogP contribution in [-0.2, 0) is 30.4 Å². The van der Waals surface area contributed by atoms with E-state index < -0.39 is 48.4 Å². The molecule has 0 fully saturated rings. The molecule has 1 heterocycles. The molecule has 0 radical (unpaired) electrons. The topological polar surface area (TPSA) is 169 Å². The maximum absolute atomic E-state index is 12.8. The third-order valence-electron chi connectivity index (χ3n) is 5.06. The van der Waals surface area contributed by atoms with Gasteiger partial charge in [0.05, 0.1) is 0 Å². The van der Waals surface area contributed by atoms with Crippen molar-refractivity contribution >= 4 is 30.4 Å². The number of aromatic nitrogens is 3. The van der Waals surface area contributed by atoms with Gasteiger partial charge in [0.15, 0.2) is 0 Å². The van der Waals surface area contributed by atoms with Crippen molar-refractivity contribution in [2.45, 2.75) is 35.5 Å². The van der Waals surface area contributed by atoms with Crippen LogP contribution in [-0.4, -0.2) is 40.2 Å². The van der Waals surface area contributed by atoms with E-state index in [0.717, 1.165) is 16.7 Å². The first-order chi connectivity index (χ1) is 18.2. The molecule has 0 unspecified atom stereocenters. The molecule has 0 N–H and O–H groups in total. The molecule has 4 rings (SSSR count). The van der Waals surface area contributed by atoms with Gasteiger partial charge in [-0.1, -0.05) is 53.1 Å². The van der Waals surface area contributed by atoms with Gasteiger partial charge in [0.2, 0.25) is 0 Å². The molecular formula is C24H21N3O9S3. The molecule has 15 heteroatoms. The minimum absolute atomic E-state index is 0.266. The van der Waals surface area contributed by atoms with Crippen molar-refractivity contribution in [3.63, 3.8) is 0 Å². The molecule has 12 nitrogen and oxygen atoms in total. The van der Waals surface area contributed by atoms with Gasteiger partial charge in [0.25, 0.3) is 0 Å². The molecule has 204 valence electrons. The van der Waals surface area contributed by atoms with Crippen LogP contribution in [0.5, 0.6) is 18.0 Å². The third kappa shape index (κ3) is 6.87. The maximum Gasteiger partial charge on any atom is 0.342 e. The first-order valence-electron chi connectivity index (χ1n) is 11.0. The fraction of sp³-hybridized carbons (Fsp3) is 0.125. The Hall–Kier alpha value is -4.08. The molecule has 1 aromatic heterocycles. The van der Waals surface area contributed by atoms with Gasteiger partial charge < -0.3 is 12.5 Å². The van der Waals surface area contributed by atoms with E-state index in [1.807, 2.05) is 0 Å². The van der Waals surface area contributed by atoms with Crippen molar-refractivity contribution in [3.05, 3.63) is 89.5 Å². The van der Waals surface area contributed by atoms with Gasteiger partial charge in [0, 0.05) is 0 Å². The first-order valence-corrected chi connectivity index (χ1v) is 15.3. The van der Waals surface area contributed by atoms with Gasteiger partial charge in [-0.05, 0) is 57.2 Å². The number of hydrogen-bond acceptors (Lipinski definition) is 12. The molecule has 3 aromatic carbocycles. The van der Waals surface area contributed by atoms with Crippen molar-refractivity contribution in [1.82, 2.24) is 15.0 Å². The van der Waals surface area contributed by atoms with Crippen molar-refractivity contribution < 1.29 is 37.8 Å². The van der Waals surface area contributed by atoms with E-state index >= 15 is 0 Å². The molecular weight excluding hydrogens is 570 g/mol. The lowest BCUT2D eigenvalue weighted by molar-refractivity contribution is 0.409. The molecule has 0 amide bonds. The van der Waals surface area contributed by atoms with Crippen LogP contribution in [0.4, 0.5) is 0 Å². The molecule has 0 saturated carbocycles. The smallest absolute Gasteiger partial charge is 0.339 e. The molecule has 0 aliphatic heterocycles. The number of benzene rings is 3. The van der Waals surface area contributed by atoms with Gasteiger partial charge in [-0.25, -0.2) is 0 Å². The van der Waals surface area contributed by atoms with E-state index in [1.54, 1.807) is 20.8 Å². The van der Waals surface area contributed by atoms with E-state index in [0.29, 0.717) is 0 Å². The Balaban J connectivity index is 1.74. The molecule has 0 aliphatic rings. The zero-order valence-corrected chi connectivity index (χ0v) is 23.1. The van der Waals surface area contributed by atoms with Crippen LogP contribution in [0.3, 0.4) is 0 Å². The summed E-state index contributed by atoms with van der Waals surface area (Å²) < 4.78 is 91.5. The van der Waals surface area contributed by atoms with Gasteiger partial charge in [-0.15, -0.1) is 15.0 Å². The van der Waals surface area contributed by atoms with Crippen LogP contribution in [0.1, 0.15) is 16.7 Å². The van der Waals surface area contributed by atoms with Gasteiger partial charge >= 0.3 is 48.4 Å². The Kier molecular flexibility index (Phi) is 7.59. The van der Waals surface area contributed by atoms with Crippen LogP contribution in [0, 0.1) is 20.8 Å². The Morgan fingerprint density at radius 3 is 0.821 bits per heavy atom. The van der Waals surface area contributed by atoms with Gasteiger partial charge in [-0.3, -0.25) is 0 Å². The minimum atomic E-state index is -4.53. The summed E-state index contributed by atoms with van der Waals surface area (Å²) >= 11 is 0. The predicted molar refractivity (Wildman–Crippen MR) is 137 cm³/mol. The lowest BCUT2D eigenvalue weighted by Gasteiger charge is -2.10. The van der Waals surface area contributed by atoms with E-state index in [2.05, 4.69) is 15.0 Å². The molecule has 0 saturated heterocycles. The number of rotatable bonds is 9. The first kappa shape index (κ1) is 27.9. The average Bonchev–Trinajstić information content (AvgIpc) is 2.84. The Labute approximate surface area is 225 Å². The molecule has 0 spiro atoms. The number of hydrogen-bond donors (Lipinski definition) is 0. The van der Waals surface area contributed by atoms with Crippen molar-refractivity contribution in [1.29, 1.82) is 0 Å². The van der Waals surface area contributed by atoms with Crippen LogP contribution >= 0.6 is 0 Å². The zero-order valence-electron chi connectivity index (χ0n) is 20.7. The lowest BCUT2D eigenvalue weighted by atomic mass is 10.2. The number of nitrogens with zero attached hydrogens (tertiary/aromatic N) is 3. The molecule has 4 aromatic rings. The quantitative estimate of drug-likeness (QED) is 0.261. The second kappa shape index (κ2) is 10.6. The largest absolute Gasteiger partial charge is 0.342 e. The predicted octanol–water partition coefficient (Wildman–Crippen LogP) is 3.10. The van der Waals surface area contributed by atoms with E-state index in [1.165, 1.54) is 72.8 Å². The minimum Gasteiger partial charge on any atom is -0.339 e. The molecule has 0 bridgehead atoms. The second-order valence-corrected chi connectivity index (χ2v) is 12.9. The fourth-order valence-corrected chi connectivity index (χ4v) is 5.50. The van der Waals surface area contributed by atoms with E-state index in [9.17, 15) is 25.3 Å². The Bertz CT molecular complexity index is 1590. The Morgan fingerprint density at radius 2 is 0.615 bits per heavy atom. The highest BCUT2D eigenvalue weighted by atomic mass is 32.2. The van der Waals surface area contributed by atoms with Crippen molar-refractivity contribution in [2.75, 3.05) is 0 Å². The van der Waals surface area contributed by atoms with Crippen molar-refractivity contribution in [2.24, 2.45) is 0 Å². The lowest BCUT2D eigenvalue weighted by Crippen LogP contribution is -2.17. The highest BCUT2D eigenvalue weighted by Gasteiger charge is 2.26. The molecule has 0 atom stereocenters. The van der Waals surface area contributed by atoms with Gasteiger partial charge in [0.1, 0.15) is 14.7 Å². The van der Waals surface area contributed by atoms with Crippen LogP contribution in [0.15, 0.2) is 87.5 Å². The highest BCUT2D eigenvalue weighted by molar-refractivity contribution is 7.87. The van der Waals surface area contributed by atoms with Crippen LogP contribution in [0.25, 0.3) is 0 Å². The fourth-order valence-electron chi connectivity index (χ4n) is 2.99. The SMILES string of the molecule is Cc1ccc(S(=O)(=O)Oc2nc(OS(=O)(=O)c3ccc(C)cc3)nc(OS(=O)(=O)c3ccc(C)cc3)n2)cc1. The molecule has 0 aliphatic carbocycles. The Morgan fingerprint density at radius 1 is 0.410 bits per heavy atom. The monoisotopic (exact) mass is 591 g/mol. The molecule has 39 heavy (non-hydrogen) atoms. The summed E-state index contributed by atoms with van der Waals surface area (Å²) in [7, 11) is -13.6. The van der Waals surface area contributed by atoms with E-state index in [-0.39, 0.29) is 14.7 Å². The average molecular weight is 592 g/mol. The van der Waals surface area contributed by atoms with Gasteiger partial charge in [-0.2, -0.15) is 25.3 Å². The zero-order chi connectivity index (χ0) is 28.4. The summed E-state index contributed by atoms with van der Waals surface area (Å²) in [5.41, 5.74) is 2.34.